The minimum atomic E-state index is -0.267. The number of methoxy groups -OCH3 is 1. The summed E-state index contributed by atoms with van der Waals surface area (Å²) < 4.78 is 10.3. The summed E-state index contributed by atoms with van der Waals surface area (Å²) in [6.07, 6.45) is 1.71. The number of aromatic nitrogens is 1. The zero-order valence-electron chi connectivity index (χ0n) is 11.9. The molecule has 1 heterocycles. The van der Waals surface area contributed by atoms with Gasteiger partial charge in [-0.15, -0.1) is 0 Å². The fourth-order valence-corrected chi connectivity index (χ4v) is 2.12. The Morgan fingerprint density at radius 2 is 2.10 bits per heavy atom. The lowest BCUT2D eigenvalue weighted by molar-refractivity contribution is -0.141. The Morgan fingerprint density at radius 3 is 2.80 bits per heavy atom. The first-order valence-electron chi connectivity index (χ1n) is 6.45. The molecule has 2 aromatic rings. The fourth-order valence-electron chi connectivity index (χ4n) is 2.12. The van der Waals surface area contributed by atoms with Crippen molar-refractivity contribution in [2.75, 3.05) is 32.2 Å². The van der Waals surface area contributed by atoms with Crippen LogP contribution in [0.4, 0.5) is 5.82 Å². The van der Waals surface area contributed by atoms with Crippen LogP contribution < -0.4 is 9.64 Å². The van der Waals surface area contributed by atoms with Crippen molar-refractivity contribution >= 4 is 22.6 Å². The largest absolute Gasteiger partial charge is 0.496 e. The highest BCUT2D eigenvalue weighted by atomic mass is 16.5. The highest BCUT2D eigenvalue weighted by Crippen LogP contribution is 2.30. The van der Waals surface area contributed by atoms with Gasteiger partial charge in [0.2, 0.25) is 0 Å². The van der Waals surface area contributed by atoms with Crippen molar-refractivity contribution in [2.24, 2.45) is 0 Å². The molecule has 0 aliphatic heterocycles. The van der Waals surface area contributed by atoms with Crippen molar-refractivity contribution < 1.29 is 14.3 Å². The van der Waals surface area contributed by atoms with E-state index in [2.05, 4.69) is 4.98 Å². The van der Waals surface area contributed by atoms with E-state index in [-0.39, 0.29) is 12.5 Å². The molecule has 0 radical (unpaired) electrons. The molecule has 5 nitrogen and oxygen atoms in total. The van der Waals surface area contributed by atoms with Crippen LogP contribution in [0.3, 0.4) is 0 Å². The van der Waals surface area contributed by atoms with Crippen LogP contribution in [0.25, 0.3) is 10.8 Å². The molecule has 0 saturated heterocycles. The van der Waals surface area contributed by atoms with E-state index in [0.29, 0.717) is 6.61 Å². The molecule has 20 heavy (non-hydrogen) atoms. The molecule has 5 heteroatoms. The molecule has 106 valence electrons. The zero-order valence-corrected chi connectivity index (χ0v) is 11.9. The van der Waals surface area contributed by atoms with Crippen LogP contribution in [-0.4, -0.2) is 38.3 Å². The Morgan fingerprint density at radius 1 is 1.30 bits per heavy atom. The highest BCUT2D eigenvalue weighted by Gasteiger charge is 2.13. The molecule has 0 amide bonds. The molecular weight excluding hydrogens is 256 g/mol. The van der Waals surface area contributed by atoms with Gasteiger partial charge in [-0.25, -0.2) is 4.98 Å². The predicted octanol–water partition coefficient (Wildman–Crippen LogP) is 2.24. The van der Waals surface area contributed by atoms with Gasteiger partial charge in [-0.3, -0.25) is 4.79 Å². The monoisotopic (exact) mass is 274 g/mol. The number of ether oxygens (including phenoxy) is 2. The minimum absolute atomic E-state index is 0.164. The maximum atomic E-state index is 11.6. The number of hydrogen-bond acceptors (Lipinski definition) is 5. The van der Waals surface area contributed by atoms with Crippen LogP contribution >= 0.6 is 0 Å². The van der Waals surface area contributed by atoms with Crippen molar-refractivity contribution in [1.82, 2.24) is 4.98 Å². The van der Waals surface area contributed by atoms with Gasteiger partial charge in [-0.05, 0) is 19.1 Å². The normalized spacial score (nSPS) is 10.3. The fraction of sp³-hybridized carbons (Fsp3) is 0.333. The minimum Gasteiger partial charge on any atom is -0.496 e. The summed E-state index contributed by atoms with van der Waals surface area (Å²) in [6.45, 7) is 2.33. The average Bonchev–Trinajstić information content (AvgIpc) is 2.46. The second kappa shape index (κ2) is 6.23. The van der Waals surface area contributed by atoms with Gasteiger partial charge in [0.05, 0.1) is 13.7 Å². The molecule has 0 fully saturated rings. The van der Waals surface area contributed by atoms with E-state index < -0.39 is 0 Å². The second-order valence-electron chi connectivity index (χ2n) is 4.35. The van der Waals surface area contributed by atoms with Crippen LogP contribution in [0.5, 0.6) is 5.75 Å². The maximum Gasteiger partial charge on any atom is 0.325 e. The number of hydrogen-bond donors (Lipinski definition) is 0. The molecule has 0 bridgehead atoms. The number of nitrogens with zero attached hydrogens (tertiary/aromatic N) is 2. The van der Waals surface area contributed by atoms with Gasteiger partial charge in [0.15, 0.2) is 0 Å². The van der Waals surface area contributed by atoms with Crippen LogP contribution in [0.15, 0.2) is 30.5 Å². The number of fused-ring (bicyclic) bond motifs is 1. The number of esters is 1. The van der Waals surface area contributed by atoms with E-state index in [1.54, 1.807) is 25.1 Å². The molecule has 1 aromatic carbocycles. The van der Waals surface area contributed by atoms with Crippen LogP contribution in [0, 0.1) is 0 Å². The molecule has 2 rings (SSSR count). The topological polar surface area (TPSA) is 51.7 Å². The molecule has 0 aliphatic carbocycles. The Kier molecular flexibility index (Phi) is 4.40. The summed E-state index contributed by atoms with van der Waals surface area (Å²) in [6, 6.07) is 7.67. The third kappa shape index (κ3) is 2.82. The number of carbonyl (C=O) groups excluding carboxylic acids is 1. The number of anilines is 1. The third-order valence-corrected chi connectivity index (χ3v) is 3.00. The summed E-state index contributed by atoms with van der Waals surface area (Å²) in [4.78, 5) is 17.7. The van der Waals surface area contributed by atoms with Crippen LogP contribution in [-0.2, 0) is 9.53 Å². The SMILES string of the molecule is CCOC(=O)CN(C)c1nccc2c(OC)cccc12. The van der Waals surface area contributed by atoms with E-state index in [1.807, 2.05) is 31.3 Å². The van der Waals surface area contributed by atoms with Gasteiger partial charge in [-0.1, -0.05) is 12.1 Å². The van der Waals surface area contributed by atoms with E-state index >= 15 is 0 Å². The molecule has 0 aliphatic rings. The molecule has 0 saturated carbocycles. The molecule has 0 N–H and O–H groups in total. The van der Waals surface area contributed by atoms with Crippen molar-refractivity contribution in [3.8, 4) is 5.75 Å². The molecule has 0 unspecified atom stereocenters. The van der Waals surface area contributed by atoms with E-state index in [0.717, 1.165) is 22.3 Å². The summed E-state index contributed by atoms with van der Waals surface area (Å²) in [5.41, 5.74) is 0. The Balaban J connectivity index is 2.37. The Hall–Kier alpha value is -2.30. The van der Waals surface area contributed by atoms with Crippen LogP contribution in [0.1, 0.15) is 6.92 Å². The number of carbonyl (C=O) groups is 1. The third-order valence-electron chi connectivity index (χ3n) is 3.00. The van der Waals surface area contributed by atoms with Gasteiger partial charge in [0.1, 0.15) is 18.1 Å². The average molecular weight is 274 g/mol. The first-order chi connectivity index (χ1) is 9.67. The van der Waals surface area contributed by atoms with Gasteiger partial charge in [0, 0.05) is 24.0 Å². The lowest BCUT2D eigenvalue weighted by Gasteiger charge is -2.19. The second-order valence-corrected chi connectivity index (χ2v) is 4.35. The molecule has 1 aromatic heterocycles. The van der Waals surface area contributed by atoms with Crippen molar-refractivity contribution in [2.45, 2.75) is 6.92 Å². The summed E-state index contributed by atoms with van der Waals surface area (Å²) in [5, 5.41) is 1.91. The maximum absolute atomic E-state index is 11.6. The molecular formula is C15H18N2O3. The first-order valence-corrected chi connectivity index (χ1v) is 6.45. The molecule has 0 atom stereocenters. The van der Waals surface area contributed by atoms with E-state index in [9.17, 15) is 4.79 Å². The lowest BCUT2D eigenvalue weighted by atomic mass is 10.1. The quantitative estimate of drug-likeness (QED) is 0.783. The lowest BCUT2D eigenvalue weighted by Crippen LogP contribution is -2.27. The highest BCUT2D eigenvalue weighted by molar-refractivity contribution is 5.96. The number of rotatable bonds is 5. The predicted molar refractivity (Wildman–Crippen MR) is 78.2 cm³/mol. The summed E-state index contributed by atoms with van der Waals surface area (Å²) in [7, 11) is 3.45. The number of benzene rings is 1. The van der Waals surface area contributed by atoms with E-state index in [4.69, 9.17) is 9.47 Å². The van der Waals surface area contributed by atoms with E-state index in [1.165, 1.54) is 0 Å². The van der Waals surface area contributed by atoms with Crippen LogP contribution in [0.2, 0.25) is 0 Å². The standard InChI is InChI=1S/C15H18N2O3/c1-4-20-14(18)10-17(2)15-12-6-5-7-13(19-3)11(12)8-9-16-15/h5-9H,4,10H2,1-3H3. The smallest absolute Gasteiger partial charge is 0.325 e. The number of likely N-dealkylation sites (N-methyl/N-ethyl adjacent to an activating group) is 1. The van der Waals surface area contributed by atoms with Gasteiger partial charge in [-0.2, -0.15) is 0 Å². The van der Waals surface area contributed by atoms with Gasteiger partial charge in [0.25, 0.3) is 0 Å². The summed E-state index contributed by atoms with van der Waals surface area (Å²) in [5.74, 6) is 1.25. The summed E-state index contributed by atoms with van der Waals surface area (Å²) >= 11 is 0. The van der Waals surface area contributed by atoms with Gasteiger partial charge < -0.3 is 14.4 Å². The first kappa shape index (κ1) is 14.1. The Bertz CT molecular complexity index is 613. The Labute approximate surface area is 118 Å². The van der Waals surface area contributed by atoms with Gasteiger partial charge >= 0.3 is 5.97 Å². The molecule has 0 spiro atoms. The zero-order chi connectivity index (χ0) is 14.5. The number of pyridine rings is 1. The van der Waals surface area contributed by atoms with Crippen molar-refractivity contribution in [3.05, 3.63) is 30.5 Å². The van der Waals surface area contributed by atoms with Crippen molar-refractivity contribution in [1.29, 1.82) is 0 Å². The van der Waals surface area contributed by atoms with Crippen molar-refractivity contribution in [3.63, 3.8) is 0 Å².